The van der Waals surface area contributed by atoms with E-state index >= 15 is 0 Å². The molecular formula is C17H29BrN4O2S. The first kappa shape index (κ1) is 21.9. The fourth-order valence-electron chi connectivity index (χ4n) is 2.37. The van der Waals surface area contributed by atoms with Crippen LogP contribution in [0, 0.1) is 5.92 Å². The summed E-state index contributed by atoms with van der Waals surface area (Å²) in [5, 5.41) is 6.56. The largest absolute Gasteiger partial charge is 0.356 e. The summed E-state index contributed by atoms with van der Waals surface area (Å²) >= 11 is 3.51. The normalized spacial score (nSPS) is 13.5. The van der Waals surface area contributed by atoms with E-state index in [1.807, 2.05) is 6.07 Å². The average Bonchev–Trinajstić information content (AvgIpc) is 2.55. The monoisotopic (exact) mass is 432 g/mol. The van der Waals surface area contributed by atoms with E-state index in [4.69, 9.17) is 0 Å². The van der Waals surface area contributed by atoms with Gasteiger partial charge >= 0.3 is 0 Å². The summed E-state index contributed by atoms with van der Waals surface area (Å²) in [6.45, 7) is 4.11. The SMILES string of the molecule is CCC(CNC(=NC)NCCCNS(C)(=O)=O)Cc1cccc(Br)c1. The summed E-state index contributed by atoms with van der Waals surface area (Å²) in [7, 11) is -1.38. The van der Waals surface area contributed by atoms with Gasteiger partial charge in [-0.3, -0.25) is 4.99 Å². The molecule has 0 spiro atoms. The second kappa shape index (κ2) is 11.5. The average molecular weight is 433 g/mol. The molecular weight excluding hydrogens is 404 g/mol. The van der Waals surface area contributed by atoms with Crippen molar-refractivity contribution < 1.29 is 8.42 Å². The lowest BCUT2D eigenvalue weighted by atomic mass is 9.97. The van der Waals surface area contributed by atoms with E-state index in [-0.39, 0.29) is 0 Å². The minimum absolute atomic E-state index is 0.420. The zero-order valence-corrected chi connectivity index (χ0v) is 17.6. The molecule has 1 unspecified atom stereocenters. The van der Waals surface area contributed by atoms with Crippen LogP contribution in [0.2, 0.25) is 0 Å². The molecule has 0 amide bonds. The maximum atomic E-state index is 11.0. The Hall–Kier alpha value is -1.12. The molecule has 142 valence electrons. The van der Waals surface area contributed by atoms with E-state index in [2.05, 4.69) is 61.4 Å². The lowest BCUT2D eigenvalue weighted by molar-refractivity contribution is 0.493. The Bertz CT molecular complexity index is 650. The Kier molecular flexibility index (Phi) is 10.1. The highest BCUT2D eigenvalue weighted by molar-refractivity contribution is 9.10. The fraction of sp³-hybridized carbons (Fsp3) is 0.588. The number of benzene rings is 1. The molecule has 8 heteroatoms. The quantitative estimate of drug-likeness (QED) is 0.300. The molecule has 6 nitrogen and oxygen atoms in total. The number of rotatable bonds is 10. The third-order valence-corrected chi connectivity index (χ3v) is 5.00. The molecule has 0 saturated carbocycles. The van der Waals surface area contributed by atoms with Crippen molar-refractivity contribution in [1.29, 1.82) is 0 Å². The number of sulfonamides is 1. The van der Waals surface area contributed by atoms with Crippen LogP contribution in [-0.4, -0.2) is 47.3 Å². The summed E-state index contributed by atoms with van der Waals surface area (Å²) in [5.74, 6) is 1.26. The standard InChI is InChI=1S/C17H29BrN4O2S/c1-4-14(11-15-7-5-8-16(18)12-15)13-21-17(19-2)20-9-6-10-22-25(3,23)24/h5,7-8,12,14,22H,4,6,9-11,13H2,1-3H3,(H2,19,20,21). The van der Waals surface area contributed by atoms with Gasteiger partial charge in [-0.05, 0) is 36.5 Å². The van der Waals surface area contributed by atoms with E-state index < -0.39 is 10.0 Å². The molecule has 0 heterocycles. The second-order valence-corrected chi connectivity index (χ2v) is 8.76. The molecule has 0 saturated heterocycles. The predicted octanol–water partition coefficient (Wildman–Crippen LogP) is 2.12. The first-order valence-electron chi connectivity index (χ1n) is 8.47. The van der Waals surface area contributed by atoms with Crippen molar-refractivity contribution in [3.8, 4) is 0 Å². The summed E-state index contributed by atoms with van der Waals surface area (Å²) in [6.07, 6.45) is 3.95. The Balaban J connectivity index is 2.34. The molecule has 25 heavy (non-hydrogen) atoms. The molecule has 0 radical (unpaired) electrons. The van der Waals surface area contributed by atoms with Crippen LogP contribution in [0.15, 0.2) is 33.7 Å². The van der Waals surface area contributed by atoms with Gasteiger partial charge in [-0.25, -0.2) is 13.1 Å². The number of aliphatic imine (C=N–C) groups is 1. The van der Waals surface area contributed by atoms with Gasteiger partial charge in [-0.1, -0.05) is 41.4 Å². The van der Waals surface area contributed by atoms with Gasteiger partial charge in [0.2, 0.25) is 10.0 Å². The predicted molar refractivity (Wildman–Crippen MR) is 108 cm³/mol. The van der Waals surface area contributed by atoms with Crippen molar-refractivity contribution in [2.45, 2.75) is 26.2 Å². The molecule has 0 fully saturated rings. The van der Waals surface area contributed by atoms with Gasteiger partial charge in [0.1, 0.15) is 0 Å². The maximum absolute atomic E-state index is 11.0. The van der Waals surface area contributed by atoms with Gasteiger partial charge < -0.3 is 10.6 Å². The van der Waals surface area contributed by atoms with Gasteiger partial charge in [0, 0.05) is 31.2 Å². The number of nitrogens with one attached hydrogen (secondary N) is 3. The van der Waals surface area contributed by atoms with Crippen LogP contribution < -0.4 is 15.4 Å². The van der Waals surface area contributed by atoms with E-state index in [1.165, 1.54) is 5.56 Å². The van der Waals surface area contributed by atoms with Crippen molar-refractivity contribution >= 4 is 31.9 Å². The highest BCUT2D eigenvalue weighted by Gasteiger charge is 2.09. The van der Waals surface area contributed by atoms with Crippen molar-refractivity contribution in [2.75, 3.05) is 32.9 Å². The minimum Gasteiger partial charge on any atom is -0.356 e. The molecule has 0 aliphatic heterocycles. The maximum Gasteiger partial charge on any atom is 0.208 e. The van der Waals surface area contributed by atoms with Gasteiger partial charge in [0.25, 0.3) is 0 Å². The van der Waals surface area contributed by atoms with Gasteiger partial charge in [0.05, 0.1) is 6.26 Å². The highest BCUT2D eigenvalue weighted by atomic mass is 79.9. The molecule has 0 aliphatic carbocycles. The summed E-state index contributed by atoms with van der Waals surface area (Å²) in [5.41, 5.74) is 1.32. The smallest absolute Gasteiger partial charge is 0.208 e. The lowest BCUT2D eigenvalue weighted by Crippen LogP contribution is -2.41. The van der Waals surface area contributed by atoms with Crippen LogP contribution in [0.3, 0.4) is 0 Å². The first-order chi connectivity index (χ1) is 11.8. The highest BCUT2D eigenvalue weighted by Crippen LogP contribution is 2.16. The number of hydrogen-bond donors (Lipinski definition) is 3. The van der Waals surface area contributed by atoms with Crippen molar-refractivity contribution in [3.63, 3.8) is 0 Å². The molecule has 1 atom stereocenters. The minimum atomic E-state index is -3.12. The first-order valence-corrected chi connectivity index (χ1v) is 11.2. The molecule has 0 aliphatic rings. The van der Waals surface area contributed by atoms with Crippen molar-refractivity contribution in [2.24, 2.45) is 10.9 Å². The van der Waals surface area contributed by atoms with E-state index in [0.29, 0.717) is 25.4 Å². The summed E-state index contributed by atoms with van der Waals surface area (Å²) < 4.78 is 25.6. The molecule has 1 aromatic carbocycles. The number of halogens is 1. The van der Waals surface area contributed by atoms with Gasteiger partial charge in [0.15, 0.2) is 5.96 Å². The summed E-state index contributed by atoms with van der Waals surface area (Å²) in [4.78, 5) is 4.21. The third-order valence-electron chi connectivity index (χ3n) is 3.78. The Morgan fingerprint density at radius 1 is 1.28 bits per heavy atom. The number of guanidine groups is 1. The van der Waals surface area contributed by atoms with Crippen LogP contribution in [0.25, 0.3) is 0 Å². The van der Waals surface area contributed by atoms with Crippen LogP contribution in [0.4, 0.5) is 0 Å². The van der Waals surface area contributed by atoms with E-state index in [1.54, 1.807) is 7.05 Å². The Morgan fingerprint density at radius 3 is 2.64 bits per heavy atom. The molecule has 3 N–H and O–H groups in total. The molecule has 0 bridgehead atoms. The van der Waals surface area contributed by atoms with Crippen LogP contribution in [-0.2, 0) is 16.4 Å². The van der Waals surface area contributed by atoms with Crippen molar-refractivity contribution in [1.82, 2.24) is 15.4 Å². The number of hydrogen-bond acceptors (Lipinski definition) is 3. The van der Waals surface area contributed by atoms with E-state index in [9.17, 15) is 8.42 Å². The third kappa shape index (κ3) is 10.5. The molecule has 1 aromatic rings. The molecule has 0 aromatic heterocycles. The topological polar surface area (TPSA) is 82.6 Å². The lowest BCUT2D eigenvalue weighted by Gasteiger charge is -2.18. The second-order valence-electron chi connectivity index (χ2n) is 6.01. The fourth-order valence-corrected chi connectivity index (χ4v) is 3.33. The summed E-state index contributed by atoms with van der Waals surface area (Å²) in [6, 6.07) is 8.40. The zero-order chi connectivity index (χ0) is 18.7. The Morgan fingerprint density at radius 2 is 2.04 bits per heavy atom. The van der Waals surface area contributed by atoms with Gasteiger partial charge in [-0.15, -0.1) is 0 Å². The van der Waals surface area contributed by atoms with E-state index in [0.717, 1.165) is 36.1 Å². The zero-order valence-electron chi connectivity index (χ0n) is 15.2. The van der Waals surface area contributed by atoms with Crippen molar-refractivity contribution in [3.05, 3.63) is 34.3 Å². The van der Waals surface area contributed by atoms with Crippen LogP contribution in [0.1, 0.15) is 25.3 Å². The van der Waals surface area contributed by atoms with Crippen LogP contribution in [0.5, 0.6) is 0 Å². The molecule has 1 rings (SSSR count). The Labute approximate surface area is 160 Å². The number of nitrogens with zero attached hydrogens (tertiary/aromatic N) is 1. The van der Waals surface area contributed by atoms with Crippen LogP contribution >= 0.6 is 15.9 Å². The van der Waals surface area contributed by atoms with Gasteiger partial charge in [-0.2, -0.15) is 0 Å².